The van der Waals surface area contributed by atoms with Crippen molar-refractivity contribution in [2.24, 2.45) is 4.99 Å². The second-order valence-corrected chi connectivity index (χ2v) is 9.20. The van der Waals surface area contributed by atoms with E-state index in [-0.39, 0.29) is 5.56 Å². The zero-order chi connectivity index (χ0) is 22.1. The first kappa shape index (κ1) is 20.4. The van der Waals surface area contributed by atoms with Crippen molar-refractivity contribution in [1.29, 1.82) is 0 Å². The number of ether oxygens (including phenoxy) is 1. The van der Waals surface area contributed by atoms with Crippen LogP contribution in [0.4, 0.5) is 0 Å². The SMILES string of the molecule is CC1=C(C(=O)Oc2ccccc2)[C@@H](c2ccccc2)n2c(s/c(=C\c3cccs3)c2=O)=N1. The summed E-state index contributed by atoms with van der Waals surface area (Å²) in [7, 11) is 0. The van der Waals surface area contributed by atoms with Crippen LogP contribution in [0.1, 0.15) is 23.4 Å². The van der Waals surface area contributed by atoms with Gasteiger partial charge in [0, 0.05) is 4.88 Å². The summed E-state index contributed by atoms with van der Waals surface area (Å²) in [5.41, 5.74) is 1.55. The maximum Gasteiger partial charge on any atom is 0.343 e. The van der Waals surface area contributed by atoms with E-state index in [4.69, 9.17) is 4.74 Å². The third-order valence-corrected chi connectivity index (χ3v) is 6.93. The topological polar surface area (TPSA) is 60.7 Å². The number of carbonyl (C=O) groups is 1. The summed E-state index contributed by atoms with van der Waals surface area (Å²) in [5, 5.41) is 1.97. The van der Waals surface area contributed by atoms with Crippen molar-refractivity contribution in [2.75, 3.05) is 0 Å². The number of para-hydroxylation sites is 1. The van der Waals surface area contributed by atoms with E-state index in [1.54, 1.807) is 47.1 Å². The Balaban J connectivity index is 1.68. The zero-order valence-corrected chi connectivity index (χ0v) is 18.7. The lowest BCUT2D eigenvalue weighted by Crippen LogP contribution is -2.40. The van der Waals surface area contributed by atoms with Crippen molar-refractivity contribution in [3.8, 4) is 5.75 Å². The van der Waals surface area contributed by atoms with Crippen LogP contribution in [0.5, 0.6) is 5.75 Å². The highest BCUT2D eigenvalue weighted by Gasteiger charge is 2.33. The Bertz CT molecular complexity index is 1480. The van der Waals surface area contributed by atoms with Gasteiger partial charge in [-0.1, -0.05) is 65.9 Å². The minimum atomic E-state index is -0.617. The van der Waals surface area contributed by atoms with E-state index in [2.05, 4.69) is 4.99 Å². The van der Waals surface area contributed by atoms with Gasteiger partial charge in [-0.05, 0) is 42.1 Å². The number of hydrogen-bond donors (Lipinski definition) is 0. The van der Waals surface area contributed by atoms with Crippen molar-refractivity contribution in [3.05, 3.63) is 120 Å². The Morgan fingerprint density at radius 2 is 1.75 bits per heavy atom. The lowest BCUT2D eigenvalue weighted by molar-refractivity contribution is -0.130. The molecule has 0 saturated carbocycles. The third kappa shape index (κ3) is 3.77. The van der Waals surface area contributed by atoms with Crippen LogP contribution >= 0.6 is 22.7 Å². The average molecular weight is 459 g/mol. The summed E-state index contributed by atoms with van der Waals surface area (Å²) < 4.78 is 7.83. The molecule has 158 valence electrons. The minimum Gasteiger partial charge on any atom is -0.423 e. The van der Waals surface area contributed by atoms with Gasteiger partial charge in [-0.3, -0.25) is 9.36 Å². The third-order valence-electron chi connectivity index (χ3n) is 5.13. The van der Waals surface area contributed by atoms with Gasteiger partial charge in [-0.15, -0.1) is 11.3 Å². The highest BCUT2D eigenvalue weighted by molar-refractivity contribution is 7.11. The molecule has 0 radical (unpaired) electrons. The van der Waals surface area contributed by atoms with Crippen LogP contribution in [0, 0.1) is 0 Å². The second-order valence-electron chi connectivity index (χ2n) is 7.21. The summed E-state index contributed by atoms with van der Waals surface area (Å²) in [6.45, 7) is 1.79. The largest absolute Gasteiger partial charge is 0.423 e. The molecule has 0 amide bonds. The molecule has 5 nitrogen and oxygen atoms in total. The number of thiophene rings is 1. The van der Waals surface area contributed by atoms with Gasteiger partial charge in [-0.2, -0.15) is 0 Å². The second kappa shape index (κ2) is 8.53. The average Bonchev–Trinajstić information content (AvgIpc) is 3.42. The molecule has 2 aromatic heterocycles. The molecule has 32 heavy (non-hydrogen) atoms. The predicted molar refractivity (Wildman–Crippen MR) is 127 cm³/mol. The van der Waals surface area contributed by atoms with Crippen LogP contribution in [-0.2, 0) is 4.79 Å². The number of hydrogen-bond acceptors (Lipinski definition) is 6. The molecule has 0 saturated heterocycles. The molecule has 0 spiro atoms. The van der Waals surface area contributed by atoms with Crippen LogP contribution in [0.25, 0.3) is 6.08 Å². The summed E-state index contributed by atoms with van der Waals surface area (Å²) in [6, 6.07) is 21.7. The summed E-state index contributed by atoms with van der Waals surface area (Å²) >= 11 is 2.89. The molecule has 3 heterocycles. The van der Waals surface area contributed by atoms with Gasteiger partial charge in [0.25, 0.3) is 5.56 Å². The first-order valence-corrected chi connectivity index (χ1v) is 11.7. The summed E-state index contributed by atoms with van der Waals surface area (Å²) in [5.74, 6) is -0.0707. The number of rotatable bonds is 4. The molecule has 0 fully saturated rings. The molecule has 0 aliphatic carbocycles. The maximum atomic E-state index is 13.5. The number of thiazole rings is 1. The normalized spacial score (nSPS) is 15.9. The number of allylic oxidation sites excluding steroid dienone is 1. The Morgan fingerprint density at radius 3 is 2.44 bits per heavy atom. The molecule has 2 aromatic carbocycles. The molecule has 1 aliphatic rings. The highest BCUT2D eigenvalue weighted by Crippen LogP contribution is 2.31. The van der Waals surface area contributed by atoms with Crippen LogP contribution < -0.4 is 19.6 Å². The van der Waals surface area contributed by atoms with Crippen LogP contribution in [-0.4, -0.2) is 10.5 Å². The standard InChI is InChI=1S/C25H18N2O3S2/c1-16-21(24(29)30-18-11-6-3-7-12-18)22(17-9-4-2-5-10-17)27-23(28)20(32-25(27)26-16)15-19-13-8-14-31-19/h2-15,22H,1H3/b20-15-/t22-/m1/s1. The van der Waals surface area contributed by atoms with Gasteiger partial charge in [0.2, 0.25) is 0 Å². The fourth-order valence-corrected chi connectivity index (χ4v) is 5.46. The summed E-state index contributed by atoms with van der Waals surface area (Å²) in [4.78, 5) is 32.9. The van der Waals surface area contributed by atoms with Crippen molar-refractivity contribution < 1.29 is 9.53 Å². The van der Waals surface area contributed by atoms with Crippen LogP contribution in [0.3, 0.4) is 0 Å². The minimum absolute atomic E-state index is 0.173. The first-order valence-electron chi connectivity index (χ1n) is 10.00. The van der Waals surface area contributed by atoms with E-state index in [1.165, 1.54) is 11.3 Å². The van der Waals surface area contributed by atoms with E-state index in [1.807, 2.05) is 60.0 Å². The Labute approximate surface area is 191 Å². The molecule has 7 heteroatoms. The summed E-state index contributed by atoms with van der Waals surface area (Å²) in [6.07, 6.45) is 1.87. The van der Waals surface area contributed by atoms with Gasteiger partial charge in [0.05, 0.1) is 21.8 Å². The monoisotopic (exact) mass is 458 g/mol. The van der Waals surface area contributed by atoms with E-state index in [9.17, 15) is 9.59 Å². The van der Waals surface area contributed by atoms with E-state index in [0.717, 1.165) is 10.4 Å². The number of esters is 1. The Hall–Kier alpha value is -3.55. The van der Waals surface area contributed by atoms with Gasteiger partial charge in [0.15, 0.2) is 4.80 Å². The lowest BCUT2D eigenvalue weighted by Gasteiger charge is -2.24. The van der Waals surface area contributed by atoms with Gasteiger partial charge < -0.3 is 4.74 Å². The molecular formula is C25H18N2O3S2. The van der Waals surface area contributed by atoms with Crippen LogP contribution in [0.2, 0.25) is 0 Å². The van der Waals surface area contributed by atoms with Gasteiger partial charge in [-0.25, -0.2) is 9.79 Å². The molecular weight excluding hydrogens is 440 g/mol. The van der Waals surface area contributed by atoms with Gasteiger partial charge >= 0.3 is 5.97 Å². The molecule has 4 aromatic rings. The van der Waals surface area contributed by atoms with Crippen molar-refractivity contribution in [3.63, 3.8) is 0 Å². The maximum absolute atomic E-state index is 13.5. The molecule has 0 N–H and O–H groups in total. The number of fused-ring (bicyclic) bond motifs is 1. The van der Waals surface area contributed by atoms with Gasteiger partial charge in [0.1, 0.15) is 5.75 Å². The molecule has 1 aliphatic heterocycles. The van der Waals surface area contributed by atoms with E-state index >= 15 is 0 Å². The molecule has 0 unspecified atom stereocenters. The number of aromatic nitrogens is 1. The van der Waals surface area contributed by atoms with Crippen molar-refractivity contribution >= 4 is 34.7 Å². The lowest BCUT2D eigenvalue weighted by atomic mass is 9.96. The molecule has 0 bridgehead atoms. The number of benzene rings is 2. The predicted octanol–water partition coefficient (Wildman–Crippen LogP) is 3.90. The number of nitrogens with zero attached hydrogens (tertiary/aromatic N) is 2. The number of carbonyl (C=O) groups excluding carboxylic acids is 1. The van der Waals surface area contributed by atoms with E-state index in [0.29, 0.717) is 26.4 Å². The zero-order valence-electron chi connectivity index (χ0n) is 17.1. The smallest absolute Gasteiger partial charge is 0.343 e. The van der Waals surface area contributed by atoms with Crippen molar-refractivity contribution in [1.82, 2.24) is 4.57 Å². The first-order chi connectivity index (χ1) is 15.6. The van der Waals surface area contributed by atoms with Crippen molar-refractivity contribution in [2.45, 2.75) is 13.0 Å². The fraction of sp³-hybridized carbons (Fsp3) is 0.0800. The quantitative estimate of drug-likeness (QED) is 0.344. The Kier molecular flexibility index (Phi) is 5.43. The van der Waals surface area contributed by atoms with Crippen LogP contribution in [0.15, 0.2) is 99.2 Å². The Morgan fingerprint density at radius 1 is 1.03 bits per heavy atom. The fourth-order valence-electron chi connectivity index (χ4n) is 3.69. The van der Waals surface area contributed by atoms with E-state index < -0.39 is 12.0 Å². The molecule has 1 atom stereocenters. The molecule has 5 rings (SSSR count). The highest BCUT2D eigenvalue weighted by atomic mass is 32.1.